The maximum absolute atomic E-state index is 16.0. The lowest BCUT2D eigenvalue weighted by molar-refractivity contribution is -0.152. The molecule has 0 unspecified atom stereocenters. The number of carbonyl (C=O) groups excluding carboxylic acids is 15. The number of Topliss-reactive ketones (excluding diaryl/α,β-unsaturated/α-hetero) is 3. The fraction of sp³-hybridized carbons (Fsp3) is 0.465. The van der Waals surface area contributed by atoms with Gasteiger partial charge in [-0.3, -0.25) is 76.7 Å². The number of amides is 12. The maximum Gasteiger partial charge on any atom is 0.304 e. The van der Waals surface area contributed by atoms with Crippen LogP contribution in [0, 0.1) is 23.7 Å². The zero-order chi connectivity index (χ0) is 97.0. The smallest absolute Gasteiger partial charge is 0.304 e. The molecule has 32 nitrogen and oxygen atoms in total. The van der Waals surface area contributed by atoms with Crippen LogP contribution in [0.3, 0.4) is 0 Å². The molecule has 7 aromatic rings. The van der Waals surface area contributed by atoms with Crippen LogP contribution >= 0.6 is 11.8 Å². The highest BCUT2D eigenvalue weighted by atomic mass is 32.2. The van der Waals surface area contributed by atoms with E-state index in [0.717, 1.165) is 11.8 Å². The fourth-order valence-electron chi connectivity index (χ4n) is 17.7. The second-order valence-corrected chi connectivity index (χ2v) is 37.5. The van der Waals surface area contributed by atoms with Crippen molar-refractivity contribution in [2.24, 2.45) is 29.4 Å². The summed E-state index contributed by atoms with van der Waals surface area (Å²) in [5.41, 5.74) is 7.41. The van der Waals surface area contributed by atoms with Crippen molar-refractivity contribution >= 4 is 117 Å². The number of aliphatic carboxylic acids is 1. The first-order chi connectivity index (χ1) is 64.0. The highest BCUT2D eigenvalue weighted by Crippen LogP contribution is 2.32. The quantitative estimate of drug-likeness (QED) is 0.0283. The molecule has 3 fully saturated rings. The summed E-state index contributed by atoms with van der Waals surface area (Å²) in [4.78, 5) is 249. The number of nitrogens with two attached hydrogens (primary N) is 1. The number of H-pyrrole nitrogens is 1. The molecule has 4 heterocycles. The molecule has 33 heteroatoms. The van der Waals surface area contributed by atoms with Crippen LogP contribution in [0.15, 0.2) is 170 Å². The summed E-state index contributed by atoms with van der Waals surface area (Å²) < 4.78 is 0. The number of likely N-dealkylation sites (N-methyl/N-ethyl adjacent to an activating group) is 2. The summed E-state index contributed by atoms with van der Waals surface area (Å²) in [5, 5.41) is 52.3. The van der Waals surface area contributed by atoms with Gasteiger partial charge in [-0.1, -0.05) is 181 Å². The van der Waals surface area contributed by atoms with E-state index in [1.54, 1.807) is 155 Å². The minimum atomic E-state index is -1.99. The topological polar surface area (TPSA) is 473 Å². The molecule has 0 aliphatic carbocycles. The van der Waals surface area contributed by atoms with Gasteiger partial charge in [-0.15, -0.1) is 11.8 Å². The molecular weight excluding hydrogens is 1730 g/mol. The van der Waals surface area contributed by atoms with Gasteiger partial charge in [-0.2, -0.15) is 0 Å². The number of carboxylic acids is 1. The van der Waals surface area contributed by atoms with Gasteiger partial charge in [0.2, 0.25) is 70.9 Å². The Hall–Kier alpha value is -13.1. The number of hydrogen-bond acceptors (Lipinski definition) is 19. The van der Waals surface area contributed by atoms with E-state index in [-0.39, 0.29) is 100 Å². The molecule has 0 radical (unpaired) electrons. The SMILES string of the molecule is CCCC[C@H]1C(=O)N2CCC[C@@H]2C(=O)C[C@@H](CC(=O)O)C(=O)C[C@@H](C(C)C)C(=O)N[C@@](C)(Cc2ccccc2)C(=O)N[C@@H](Cc2ccc(O)cc2)C(=O)N2CCCC[C@@H]2C(=O)N[C@@H](Cc2c[nH]c3ccccc23)C(=O)N[C@@H](Cc2ccc(O)cc2)C(=O)N[C@@H](CC(C)C)C(=O)N[C@H](C(=O)CCC(N)=O)CSCC(=O)N[C@@H](Cc2ccccc2)C(=O)N(C)[C@@H](Cc2ccccc2)C(=O)N1C. The number of rotatable bonds is 24. The number of benzene rings is 6. The molecule has 0 saturated carbocycles. The van der Waals surface area contributed by atoms with Crippen LogP contribution in [0.5, 0.6) is 11.5 Å². The monoisotopic (exact) mass is 1860 g/mol. The molecule has 12 amide bonds. The van der Waals surface area contributed by atoms with Crippen LogP contribution in [0.2, 0.25) is 0 Å². The van der Waals surface area contributed by atoms with Gasteiger partial charge in [-0.25, -0.2) is 0 Å². The number of phenolic OH excluding ortho intramolecular Hbond substituents is 2. The third-order valence-electron chi connectivity index (χ3n) is 25.3. The second-order valence-electron chi connectivity index (χ2n) is 36.4. The third-order valence-corrected chi connectivity index (χ3v) is 26.3. The average molecular weight is 1860 g/mol. The van der Waals surface area contributed by atoms with Crippen molar-refractivity contribution in [2.45, 2.75) is 236 Å². The summed E-state index contributed by atoms with van der Waals surface area (Å²) in [7, 11) is 2.85. The van der Waals surface area contributed by atoms with Gasteiger partial charge in [-0.05, 0) is 127 Å². The number of primary amides is 1. The first-order valence-corrected chi connectivity index (χ1v) is 47.3. The van der Waals surface area contributed by atoms with Crippen molar-refractivity contribution in [3.05, 3.63) is 203 Å². The van der Waals surface area contributed by atoms with Crippen LogP contribution < -0.4 is 43.0 Å². The number of fused-ring (bicyclic) bond motifs is 3. The normalized spacial score (nSPS) is 24.2. The standard InChI is InChI=1S/C101H127N13O19S/c1-9-10-33-83-99(132)113-47-24-35-81(113)87(119)54-68(55-90(122)123)86(118)56-73(62(4)5)91(124)110-101(6,57-67-29-18-13-19-30-67)100(133)109-79(51-66-38-42-71(116)43-39-66)97(130)114-46-23-22-34-82(114)95(128)107-77(53-69-58-103-74-32-21-20-31-72(69)74)94(127)106-76(49-65-36-40-70(115)41-37-65)93(126)105-75(48-61(2)3)92(125)108-80(85(117)44-45-88(102)120)59-134-60-89(121)104-78(50-63-25-14-11-15-26-63)96(129)112(8)84(98(131)111(83)7)52-64-27-16-12-17-28-64/h11-21,25-32,36-43,58,61-62,68,73,75-84,103,115-116H,9-10,22-24,33-35,44-57,59-60H2,1-8H3,(H2,102,120)(H,104,121)(H,105,126)(H,106,127)(H,107,128)(H,108,125)(H,109,133)(H,110,124)(H,122,123)/t68-,73-,75-,76-,77-,78-,79-,80-,81+,82+,83-,84-,101-/m0/s1. The molecule has 0 bridgehead atoms. The van der Waals surface area contributed by atoms with Crippen LogP contribution in [-0.4, -0.2) is 239 Å². The Morgan fingerprint density at radius 2 is 1.04 bits per heavy atom. The second kappa shape index (κ2) is 49.1. The van der Waals surface area contributed by atoms with E-state index in [4.69, 9.17) is 5.73 Å². The molecular formula is C101H127N13O19S. The third kappa shape index (κ3) is 29.0. The summed E-state index contributed by atoms with van der Waals surface area (Å²) >= 11 is 0.887. The zero-order valence-electron chi connectivity index (χ0n) is 77.4. The van der Waals surface area contributed by atoms with E-state index in [1.807, 2.05) is 13.0 Å². The number of aromatic amines is 1. The van der Waals surface area contributed by atoms with E-state index >= 15 is 57.5 Å². The lowest BCUT2D eigenvalue weighted by Crippen LogP contribution is -2.64. The number of carboxylic acid groups (broad SMARTS) is 1. The molecule has 10 rings (SSSR count). The van der Waals surface area contributed by atoms with E-state index in [9.17, 15) is 34.5 Å². The van der Waals surface area contributed by atoms with Crippen molar-refractivity contribution < 1.29 is 92.0 Å². The Morgan fingerprint density at radius 1 is 0.515 bits per heavy atom. The molecule has 6 aromatic carbocycles. The number of ketones is 3. The zero-order valence-corrected chi connectivity index (χ0v) is 78.2. The van der Waals surface area contributed by atoms with Gasteiger partial charge < -0.3 is 82.9 Å². The molecule has 3 aliphatic heterocycles. The molecule has 134 heavy (non-hydrogen) atoms. The Labute approximate surface area is 785 Å². The van der Waals surface area contributed by atoms with Gasteiger partial charge in [0.25, 0.3) is 0 Å². The highest BCUT2D eigenvalue weighted by Gasteiger charge is 2.47. The summed E-state index contributed by atoms with van der Waals surface area (Å²) in [6, 6.07) is 30.9. The number of piperidine rings is 1. The predicted molar refractivity (Wildman–Crippen MR) is 504 cm³/mol. The fourth-order valence-corrected chi connectivity index (χ4v) is 18.6. The number of thioether (sulfide) groups is 1. The molecule has 0 spiro atoms. The minimum Gasteiger partial charge on any atom is -0.508 e. The van der Waals surface area contributed by atoms with Gasteiger partial charge >= 0.3 is 5.97 Å². The number of unbranched alkanes of at least 4 members (excludes halogenated alkanes) is 1. The Kier molecular flexibility index (Phi) is 37.7. The molecule has 13 N–H and O–H groups in total. The summed E-state index contributed by atoms with van der Waals surface area (Å²) in [6.45, 7) is 10.2. The van der Waals surface area contributed by atoms with E-state index in [0.29, 0.717) is 76.4 Å². The van der Waals surface area contributed by atoms with E-state index < -0.39 is 216 Å². The number of carbonyl (C=O) groups is 16. The Bertz CT molecular complexity index is 5290. The first kappa shape index (κ1) is 103. The van der Waals surface area contributed by atoms with Crippen molar-refractivity contribution in [1.82, 2.24) is 61.8 Å². The van der Waals surface area contributed by atoms with Crippen LogP contribution in [0.25, 0.3) is 10.9 Å². The molecule has 1 aromatic heterocycles. The van der Waals surface area contributed by atoms with Gasteiger partial charge in [0.1, 0.15) is 71.2 Å². The van der Waals surface area contributed by atoms with E-state index in [2.05, 4.69) is 42.2 Å². The molecule has 13 atom stereocenters. The Balaban J connectivity index is 1.05. The highest BCUT2D eigenvalue weighted by molar-refractivity contribution is 8.00. The Morgan fingerprint density at radius 3 is 1.63 bits per heavy atom. The average Bonchev–Trinajstić information content (AvgIpc) is 1.47. The number of aromatic hydroxyl groups is 2. The maximum atomic E-state index is 16.0. The lowest BCUT2D eigenvalue weighted by atomic mass is 9.82. The van der Waals surface area contributed by atoms with Crippen molar-refractivity contribution in [3.8, 4) is 11.5 Å². The lowest BCUT2D eigenvalue weighted by Gasteiger charge is -2.39. The molecule has 3 aliphatic rings. The number of para-hydroxylation sites is 1. The molecule has 3 saturated heterocycles. The summed E-state index contributed by atoms with van der Waals surface area (Å²) in [5.74, 6) is -17.9. The number of hydrogen-bond donors (Lipinski definition) is 12. The largest absolute Gasteiger partial charge is 0.508 e. The number of nitrogens with zero attached hydrogens (tertiary/aromatic N) is 4. The van der Waals surface area contributed by atoms with Gasteiger partial charge in [0, 0.05) is 126 Å². The van der Waals surface area contributed by atoms with Gasteiger partial charge in [0.15, 0.2) is 11.6 Å². The van der Waals surface area contributed by atoms with Crippen molar-refractivity contribution in [3.63, 3.8) is 0 Å². The first-order valence-electron chi connectivity index (χ1n) is 46.1. The van der Waals surface area contributed by atoms with Crippen LogP contribution in [0.4, 0.5) is 0 Å². The number of aromatic nitrogens is 1. The number of nitrogens with one attached hydrogen (secondary N) is 8. The van der Waals surface area contributed by atoms with Crippen molar-refractivity contribution in [2.75, 3.05) is 38.7 Å². The van der Waals surface area contributed by atoms with E-state index in [1.165, 1.54) is 77.0 Å². The van der Waals surface area contributed by atoms with Gasteiger partial charge in [0.05, 0.1) is 24.3 Å². The van der Waals surface area contributed by atoms with Crippen molar-refractivity contribution in [1.29, 1.82) is 0 Å². The van der Waals surface area contributed by atoms with Crippen LogP contribution in [0.1, 0.15) is 165 Å². The molecule has 716 valence electrons. The summed E-state index contributed by atoms with van der Waals surface area (Å²) in [6.07, 6.45) is -0.325. The number of phenols is 2. The predicted octanol–water partition coefficient (Wildman–Crippen LogP) is 7.24. The van der Waals surface area contributed by atoms with Crippen LogP contribution in [-0.2, 0) is 115 Å². The minimum absolute atomic E-state index is 0.0362.